The number of unbranched alkanes of at least 4 members (excludes halogenated alkanes) is 10. The molecule has 0 atom stereocenters. The summed E-state index contributed by atoms with van der Waals surface area (Å²) in [5, 5.41) is 4.52. The molecule has 292 valence electrons. The normalized spacial score (nSPS) is 10.8. The van der Waals surface area contributed by atoms with Crippen molar-refractivity contribution in [2.24, 2.45) is 0 Å². The SMILES string of the molecule is CCCCCCCCN(CCCCCCCC)C(=O)c1cc(NC(=O)c2cccc(C(=O)OC)c2F)c(F)c(NC(=O)c2cccc(C(=O)OC)c2F)c1. The van der Waals surface area contributed by atoms with Crippen LogP contribution in [-0.2, 0) is 9.47 Å². The molecular weight excluding hydrogens is 703 g/mol. The van der Waals surface area contributed by atoms with E-state index < -0.39 is 80.7 Å². The van der Waals surface area contributed by atoms with Gasteiger partial charge in [-0.15, -0.1) is 0 Å². The molecule has 0 saturated carbocycles. The molecule has 0 heterocycles. The highest BCUT2D eigenvalue weighted by atomic mass is 19.1. The smallest absolute Gasteiger partial charge is 0.340 e. The zero-order valence-corrected chi connectivity index (χ0v) is 31.5. The van der Waals surface area contributed by atoms with E-state index in [2.05, 4.69) is 34.0 Å². The quantitative estimate of drug-likeness (QED) is 0.0819. The molecule has 0 radical (unpaired) electrons. The number of nitrogens with one attached hydrogen (secondary N) is 2. The molecule has 10 nitrogen and oxygen atoms in total. The molecule has 2 N–H and O–H groups in total. The fraction of sp³-hybridized carbons (Fsp3) is 0.439. The maximum absolute atomic E-state index is 16.2. The summed E-state index contributed by atoms with van der Waals surface area (Å²) in [4.78, 5) is 66.6. The third-order valence-corrected chi connectivity index (χ3v) is 8.96. The topological polar surface area (TPSA) is 131 Å². The summed E-state index contributed by atoms with van der Waals surface area (Å²) in [6.45, 7) is 5.08. The Balaban J connectivity index is 2.04. The van der Waals surface area contributed by atoms with Gasteiger partial charge in [-0.2, -0.15) is 0 Å². The fourth-order valence-electron chi connectivity index (χ4n) is 5.92. The summed E-state index contributed by atoms with van der Waals surface area (Å²) in [5.41, 5.74) is -3.58. The van der Waals surface area contributed by atoms with Crippen molar-refractivity contribution in [1.82, 2.24) is 4.90 Å². The van der Waals surface area contributed by atoms with E-state index in [0.29, 0.717) is 13.1 Å². The highest BCUT2D eigenvalue weighted by Crippen LogP contribution is 2.29. The van der Waals surface area contributed by atoms with Crippen LogP contribution in [0.3, 0.4) is 0 Å². The number of ether oxygens (including phenoxy) is 2. The van der Waals surface area contributed by atoms with Gasteiger partial charge in [0.25, 0.3) is 17.7 Å². The Bertz CT molecular complexity index is 1670. The number of halogens is 3. The molecule has 0 aliphatic rings. The lowest BCUT2D eigenvalue weighted by molar-refractivity contribution is 0.0586. The van der Waals surface area contributed by atoms with Crippen molar-refractivity contribution >= 4 is 41.0 Å². The van der Waals surface area contributed by atoms with Gasteiger partial charge in [0, 0.05) is 18.7 Å². The van der Waals surface area contributed by atoms with Gasteiger partial charge in [-0.05, 0) is 49.2 Å². The van der Waals surface area contributed by atoms with Crippen molar-refractivity contribution < 1.29 is 46.6 Å². The monoisotopic (exact) mass is 753 g/mol. The first-order chi connectivity index (χ1) is 26.0. The number of methoxy groups -OCH3 is 2. The van der Waals surface area contributed by atoms with Crippen molar-refractivity contribution in [3.05, 3.63) is 93.8 Å². The third kappa shape index (κ3) is 11.9. The Morgan fingerprint density at radius 2 is 0.926 bits per heavy atom. The predicted octanol–water partition coefficient (Wildman–Crippen LogP) is 9.34. The largest absolute Gasteiger partial charge is 0.465 e. The molecule has 0 unspecified atom stereocenters. The number of hydrogen-bond acceptors (Lipinski definition) is 7. The number of esters is 2. The van der Waals surface area contributed by atoms with Gasteiger partial charge < -0.3 is 25.0 Å². The summed E-state index contributed by atoms with van der Waals surface area (Å²) in [6.07, 6.45) is 11.9. The molecule has 0 spiro atoms. The molecule has 3 aromatic carbocycles. The predicted molar refractivity (Wildman–Crippen MR) is 200 cm³/mol. The van der Waals surface area contributed by atoms with Gasteiger partial charge in [0.15, 0.2) is 5.82 Å². The van der Waals surface area contributed by atoms with E-state index in [1.807, 2.05) is 0 Å². The average Bonchev–Trinajstić information content (AvgIpc) is 3.17. The van der Waals surface area contributed by atoms with Crippen LogP contribution in [0, 0.1) is 17.5 Å². The van der Waals surface area contributed by atoms with Gasteiger partial charge in [-0.1, -0.05) is 90.2 Å². The van der Waals surface area contributed by atoms with E-state index in [9.17, 15) is 24.0 Å². The van der Waals surface area contributed by atoms with Crippen molar-refractivity contribution in [3.8, 4) is 0 Å². The average molecular weight is 754 g/mol. The summed E-state index contributed by atoms with van der Waals surface area (Å²) >= 11 is 0. The van der Waals surface area contributed by atoms with E-state index in [1.165, 1.54) is 12.1 Å². The first kappa shape index (κ1) is 43.2. The standard InChI is InChI=1S/C41H50F3N3O7/c1-5-7-9-11-13-15-23-47(24-16-14-12-10-8-6-2)39(50)27-25-32(45-37(48)28-19-17-21-30(34(28)42)40(51)53-3)36(44)33(26-27)46-38(49)29-20-18-22-31(35(29)43)41(52)54-4/h17-22,25-26H,5-16,23-24H2,1-4H3,(H,45,48)(H,46,49). The van der Waals surface area contributed by atoms with E-state index in [0.717, 1.165) is 128 Å². The van der Waals surface area contributed by atoms with Crippen molar-refractivity contribution in [3.63, 3.8) is 0 Å². The number of amides is 3. The zero-order valence-electron chi connectivity index (χ0n) is 31.5. The first-order valence-corrected chi connectivity index (χ1v) is 18.5. The van der Waals surface area contributed by atoms with Gasteiger partial charge in [0.05, 0.1) is 47.8 Å². The van der Waals surface area contributed by atoms with Gasteiger partial charge in [-0.3, -0.25) is 14.4 Å². The van der Waals surface area contributed by atoms with Crippen LogP contribution < -0.4 is 10.6 Å². The summed E-state index contributed by atoms with van der Waals surface area (Å²) in [5.74, 6) is -8.54. The maximum atomic E-state index is 16.2. The minimum Gasteiger partial charge on any atom is -0.465 e. The number of anilines is 2. The van der Waals surface area contributed by atoms with Crippen LogP contribution in [0.25, 0.3) is 0 Å². The number of benzene rings is 3. The lowest BCUT2D eigenvalue weighted by Crippen LogP contribution is -2.33. The van der Waals surface area contributed by atoms with E-state index in [-0.39, 0.29) is 5.56 Å². The Morgan fingerprint density at radius 3 is 1.31 bits per heavy atom. The third-order valence-electron chi connectivity index (χ3n) is 8.96. The Morgan fingerprint density at radius 1 is 0.556 bits per heavy atom. The molecule has 54 heavy (non-hydrogen) atoms. The molecule has 3 rings (SSSR count). The molecule has 0 bridgehead atoms. The summed E-state index contributed by atoms with van der Waals surface area (Å²) in [6, 6.07) is 9.03. The molecule has 0 aliphatic heterocycles. The number of rotatable bonds is 21. The van der Waals surface area contributed by atoms with Crippen LogP contribution in [0.4, 0.5) is 24.5 Å². The van der Waals surface area contributed by atoms with Gasteiger partial charge in [0.1, 0.15) is 11.6 Å². The number of carbonyl (C=O) groups excluding carboxylic acids is 5. The molecule has 0 aliphatic carbocycles. The summed E-state index contributed by atoms with van der Waals surface area (Å²) in [7, 11) is 2.09. The Kier molecular flexibility index (Phi) is 17.7. The molecule has 13 heteroatoms. The Hall–Kier alpha value is -5.20. The van der Waals surface area contributed by atoms with Crippen LogP contribution >= 0.6 is 0 Å². The second-order valence-corrected chi connectivity index (χ2v) is 12.9. The molecule has 3 aromatic rings. The van der Waals surface area contributed by atoms with Crippen molar-refractivity contribution in [2.45, 2.75) is 90.9 Å². The zero-order chi connectivity index (χ0) is 39.6. The number of carbonyl (C=O) groups is 5. The molecular formula is C41H50F3N3O7. The lowest BCUT2D eigenvalue weighted by atomic mass is 10.1. The van der Waals surface area contributed by atoms with Crippen LogP contribution in [0.5, 0.6) is 0 Å². The molecule has 0 saturated heterocycles. The number of hydrogen-bond donors (Lipinski definition) is 2. The minimum atomic E-state index is -1.22. The first-order valence-electron chi connectivity index (χ1n) is 18.5. The van der Waals surface area contributed by atoms with Crippen LogP contribution in [0.15, 0.2) is 48.5 Å². The highest BCUT2D eigenvalue weighted by Gasteiger charge is 2.26. The van der Waals surface area contributed by atoms with Crippen molar-refractivity contribution in [1.29, 1.82) is 0 Å². The van der Waals surface area contributed by atoms with E-state index in [1.54, 1.807) is 4.90 Å². The van der Waals surface area contributed by atoms with Gasteiger partial charge in [-0.25, -0.2) is 22.8 Å². The van der Waals surface area contributed by atoms with Crippen LogP contribution in [-0.4, -0.2) is 61.9 Å². The van der Waals surface area contributed by atoms with Crippen LogP contribution in [0.1, 0.15) is 143 Å². The second kappa shape index (κ2) is 22.1. The van der Waals surface area contributed by atoms with E-state index >= 15 is 13.2 Å². The van der Waals surface area contributed by atoms with Crippen molar-refractivity contribution in [2.75, 3.05) is 37.9 Å². The van der Waals surface area contributed by atoms with Gasteiger partial charge in [0.2, 0.25) is 0 Å². The molecule has 3 amide bonds. The fourth-order valence-corrected chi connectivity index (χ4v) is 5.92. The number of nitrogens with zero attached hydrogens (tertiary/aromatic N) is 1. The van der Waals surface area contributed by atoms with Crippen LogP contribution in [0.2, 0.25) is 0 Å². The van der Waals surface area contributed by atoms with E-state index in [4.69, 9.17) is 0 Å². The lowest BCUT2D eigenvalue weighted by Gasteiger charge is -2.24. The second-order valence-electron chi connectivity index (χ2n) is 12.9. The van der Waals surface area contributed by atoms with Gasteiger partial charge >= 0.3 is 11.9 Å². The maximum Gasteiger partial charge on any atom is 0.340 e. The molecule has 0 fully saturated rings. The minimum absolute atomic E-state index is 0.105. The molecule has 0 aromatic heterocycles. The highest BCUT2D eigenvalue weighted by molar-refractivity contribution is 6.09. The summed E-state index contributed by atoms with van der Waals surface area (Å²) < 4.78 is 55.9. The Labute approximate surface area is 314 Å².